The maximum absolute atomic E-state index is 12.8. The molecular weight excluding hydrogens is 370 g/mol. The van der Waals surface area contributed by atoms with E-state index < -0.39 is 11.3 Å². The summed E-state index contributed by atoms with van der Waals surface area (Å²) in [5.74, 6) is -0.742. The number of thiophene rings is 1. The number of nitrogens with zero attached hydrogens (tertiary/aromatic N) is 1. The summed E-state index contributed by atoms with van der Waals surface area (Å²) >= 11 is 7.43. The number of carbonyl (C=O) groups excluding carboxylic acids is 2. The molecule has 2 heterocycles. The Hall–Kier alpha value is -2.44. The normalized spacial score (nSPS) is 11.5. The maximum Gasteiger partial charge on any atom is 0.252 e. The number of benzene rings is 1. The van der Waals surface area contributed by atoms with Gasteiger partial charge in [-0.3, -0.25) is 9.59 Å². The number of aromatic nitrogens is 1. The highest BCUT2D eigenvalue weighted by atomic mass is 35.5. The molecule has 0 bridgehead atoms. The number of nitrogens with one attached hydrogen (secondary N) is 1. The van der Waals surface area contributed by atoms with E-state index in [4.69, 9.17) is 17.3 Å². The number of para-hydroxylation sites is 1. The lowest BCUT2D eigenvalue weighted by molar-refractivity contribution is -0.125. The molecule has 0 radical (unpaired) electrons. The maximum atomic E-state index is 12.8. The molecule has 2 amide bonds. The lowest BCUT2D eigenvalue weighted by atomic mass is 9.92. The van der Waals surface area contributed by atoms with Gasteiger partial charge < -0.3 is 11.1 Å². The second-order valence-corrected chi connectivity index (χ2v) is 8.32. The third kappa shape index (κ3) is 3.71. The van der Waals surface area contributed by atoms with E-state index >= 15 is 0 Å². The van der Waals surface area contributed by atoms with Crippen LogP contribution in [0.3, 0.4) is 0 Å². The molecule has 134 valence electrons. The van der Waals surface area contributed by atoms with Crippen LogP contribution in [-0.4, -0.2) is 23.3 Å². The van der Waals surface area contributed by atoms with Crippen LogP contribution in [0.4, 0.5) is 0 Å². The predicted octanol–water partition coefficient (Wildman–Crippen LogP) is 3.86. The number of primary amides is 1. The molecule has 0 saturated carbocycles. The smallest absolute Gasteiger partial charge is 0.252 e. The van der Waals surface area contributed by atoms with Crippen molar-refractivity contribution in [3.8, 4) is 10.6 Å². The van der Waals surface area contributed by atoms with E-state index in [9.17, 15) is 9.59 Å². The lowest BCUT2D eigenvalue weighted by Crippen LogP contribution is -2.42. The molecule has 0 aliphatic carbocycles. The molecule has 7 heteroatoms. The molecule has 0 aliphatic rings. The standard InChI is InChI=1S/C19H18ClN3O2S/c1-19(2,18(21)25)10-22-17(24)12-9-14(15-7-8-16(20)26-15)23-13-6-4-3-5-11(12)13/h3-9H,10H2,1-2H3,(H2,21,25)(H,22,24). The number of nitrogens with two attached hydrogens (primary N) is 1. The number of carbonyl (C=O) groups is 2. The van der Waals surface area contributed by atoms with Gasteiger partial charge >= 0.3 is 0 Å². The van der Waals surface area contributed by atoms with Crippen LogP contribution < -0.4 is 11.1 Å². The van der Waals surface area contributed by atoms with Crippen LogP contribution in [0.5, 0.6) is 0 Å². The fourth-order valence-electron chi connectivity index (χ4n) is 2.43. The summed E-state index contributed by atoms with van der Waals surface area (Å²) in [4.78, 5) is 29.8. The predicted molar refractivity (Wildman–Crippen MR) is 105 cm³/mol. The SMILES string of the molecule is CC(C)(CNC(=O)c1cc(-c2ccc(Cl)s2)nc2ccccc12)C(N)=O. The van der Waals surface area contributed by atoms with Crippen LogP contribution >= 0.6 is 22.9 Å². The molecule has 0 aliphatic heterocycles. The summed E-state index contributed by atoms with van der Waals surface area (Å²) in [5.41, 5.74) is 6.44. The highest BCUT2D eigenvalue weighted by Gasteiger charge is 2.26. The first-order chi connectivity index (χ1) is 12.3. The van der Waals surface area contributed by atoms with E-state index in [0.29, 0.717) is 21.1 Å². The summed E-state index contributed by atoms with van der Waals surface area (Å²) in [6.07, 6.45) is 0. The van der Waals surface area contributed by atoms with Crippen molar-refractivity contribution in [1.29, 1.82) is 0 Å². The molecule has 0 spiro atoms. The zero-order valence-electron chi connectivity index (χ0n) is 14.4. The van der Waals surface area contributed by atoms with Gasteiger partial charge in [-0.1, -0.05) is 29.8 Å². The van der Waals surface area contributed by atoms with Gasteiger partial charge in [0.05, 0.1) is 31.4 Å². The number of halogens is 1. The van der Waals surface area contributed by atoms with E-state index in [1.54, 1.807) is 26.0 Å². The molecule has 3 rings (SSSR count). The van der Waals surface area contributed by atoms with Crippen molar-refractivity contribution in [1.82, 2.24) is 10.3 Å². The number of amides is 2. The Balaban J connectivity index is 2.01. The quantitative estimate of drug-likeness (QED) is 0.697. The topological polar surface area (TPSA) is 85.1 Å². The zero-order valence-corrected chi connectivity index (χ0v) is 15.9. The van der Waals surface area contributed by atoms with Crippen molar-refractivity contribution in [3.63, 3.8) is 0 Å². The first-order valence-corrected chi connectivity index (χ1v) is 9.21. The summed E-state index contributed by atoms with van der Waals surface area (Å²) in [5, 5.41) is 3.55. The van der Waals surface area contributed by atoms with Crippen LogP contribution in [0.1, 0.15) is 24.2 Å². The van der Waals surface area contributed by atoms with E-state index in [2.05, 4.69) is 10.3 Å². The van der Waals surface area contributed by atoms with Gasteiger partial charge in [-0.25, -0.2) is 4.98 Å². The highest BCUT2D eigenvalue weighted by Crippen LogP contribution is 2.32. The average molecular weight is 388 g/mol. The first-order valence-electron chi connectivity index (χ1n) is 8.01. The van der Waals surface area contributed by atoms with Crippen LogP contribution in [0.15, 0.2) is 42.5 Å². The molecule has 3 aromatic rings. The number of rotatable bonds is 5. The number of pyridine rings is 1. The molecular formula is C19H18ClN3O2S. The van der Waals surface area contributed by atoms with Gasteiger partial charge in [0.25, 0.3) is 5.91 Å². The summed E-state index contributed by atoms with van der Waals surface area (Å²) < 4.78 is 0.657. The molecule has 1 aromatic carbocycles. The number of hydrogen-bond acceptors (Lipinski definition) is 4. The zero-order chi connectivity index (χ0) is 18.9. The summed E-state index contributed by atoms with van der Waals surface area (Å²) in [7, 11) is 0. The van der Waals surface area contributed by atoms with E-state index in [-0.39, 0.29) is 12.5 Å². The van der Waals surface area contributed by atoms with E-state index in [1.807, 2.05) is 30.3 Å². The van der Waals surface area contributed by atoms with Crippen molar-refractivity contribution in [3.05, 3.63) is 52.4 Å². The Bertz CT molecular complexity index is 997. The third-order valence-electron chi connectivity index (χ3n) is 4.14. The van der Waals surface area contributed by atoms with Crippen LogP contribution in [0.2, 0.25) is 4.34 Å². The van der Waals surface area contributed by atoms with Gasteiger partial charge in [0.2, 0.25) is 5.91 Å². The van der Waals surface area contributed by atoms with E-state index in [0.717, 1.165) is 10.3 Å². The summed E-state index contributed by atoms with van der Waals surface area (Å²) in [6.45, 7) is 3.54. The second kappa shape index (κ2) is 7.05. The molecule has 0 unspecified atom stereocenters. The van der Waals surface area contributed by atoms with Crippen LogP contribution in [0.25, 0.3) is 21.5 Å². The Kier molecular flexibility index (Phi) is 4.98. The van der Waals surface area contributed by atoms with Crippen LogP contribution in [0, 0.1) is 5.41 Å². The van der Waals surface area contributed by atoms with Crippen LogP contribution in [-0.2, 0) is 4.79 Å². The number of fused-ring (bicyclic) bond motifs is 1. The largest absolute Gasteiger partial charge is 0.369 e. The van der Waals surface area contributed by atoms with Gasteiger partial charge in [-0.2, -0.15) is 0 Å². The Morgan fingerprint density at radius 3 is 2.62 bits per heavy atom. The molecule has 0 fully saturated rings. The van der Waals surface area contributed by atoms with Crippen molar-refractivity contribution in [2.24, 2.45) is 11.1 Å². The van der Waals surface area contributed by atoms with Gasteiger partial charge in [0.15, 0.2) is 0 Å². The molecule has 26 heavy (non-hydrogen) atoms. The molecule has 3 N–H and O–H groups in total. The van der Waals surface area contributed by atoms with E-state index in [1.165, 1.54) is 11.3 Å². The minimum Gasteiger partial charge on any atom is -0.369 e. The second-order valence-electron chi connectivity index (χ2n) is 6.61. The minimum absolute atomic E-state index is 0.151. The number of hydrogen-bond donors (Lipinski definition) is 2. The van der Waals surface area contributed by atoms with Gasteiger partial charge in [0, 0.05) is 11.9 Å². The first kappa shape index (κ1) is 18.4. The fraction of sp³-hybridized carbons (Fsp3) is 0.211. The van der Waals surface area contributed by atoms with Crippen molar-refractivity contribution in [2.75, 3.05) is 6.54 Å². The summed E-state index contributed by atoms with van der Waals surface area (Å²) in [6, 6.07) is 12.9. The van der Waals surface area contributed by atoms with Gasteiger partial charge in [-0.15, -0.1) is 11.3 Å². The fourth-order valence-corrected chi connectivity index (χ4v) is 3.43. The molecule has 2 aromatic heterocycles. The molecule has 0 atom stereocenters. The molecule has 5 nitrogen and oxygen atoms in total. The van der Waals surface area contributed by atoms with Crippen molar-refractivity contribution < 1.29 is 9.59 Å². The average Bonchev–Trinajstić information content (AvgIpc) is 3.05. The van der Waals surface area contributed by atoms with Crippen molar-refractivity contribution >= 4 is 45.7 Å². The lowest BCUT2D eigenvalue weighted by Gasteiger charge is -2.21. The Morgan fingerprint density at radius 1 is 1.23 bits per heavy atom. The third-order valence-corrected chi connectivity index (χ3v) is 5.40. The highest BCUT2D eigenvalue weighted by molar-refractivity contribution is 7.19. The van der Waals surface area contributed by atoms with Crippen molar-refractivity contribution in [2.45, 2.75) is 13.8 Å². The minimum atomic E-state index is -0.831. The van der Waals surface area contributed by atoms with Gasteiger partial charge in [-0.05, 0) is 38.1 Å². The Morgan fingerprint density at radius 2 is 1.96 bits per heavy atom. The monoisotopic (exact) mass is 387 g/mol. The molecule has 0 saturated heterocycles. The Labute approximate surface area is 160 Å². The van der Waals surface area contributed by atoms with Gasteiger partial charge in [0.1, 0.15) is 0 Å².